The minimum absolute atomic E-state index is 0.0688. The number of carbonyl (C=O) groups is 1. The molecule has 1 N–H and O–H groups in total. The highest BCUT2D eigenvalue weighted by Gasteiger charge is 2.24. The number of ether oxygens (including phenoxy) is 2. The monoisotopic (exact) mass is 327 g/mol. The normalized spacial score (nSPS) is 11.0. The number of hydrogen-bond donors (Lipinski definition) is 1. The van der Waals surface area contributed by atoms with E-state index in [4.69, 9.17) is 9.47 Å². The quantitative estimate of drug-likeness (QED) is 0.812. The van der Waals surface area contributed by atoms with Gasteiger partial charge in [0.25, 0.3) is 0 Å². The van der Waals surface area contributed by atoms with Crippen LogP contribution in [0.4, 0.5) is 0 Å². The summed E-state index contributed by atoms with van der Waals surface area (Å²) in [5.74, 6) is 2.16. The summed E-state index contributed by atoms with van der Waals surface area (Å²) in [5.41, 5.74) is 0.690. The van der Waals surface area contributed by atoms with Gasteiger partial charge in [0.15, 0.2) is 11.5 Å². The van der Waals surface area contributed by atoms with E-state index in [9.17, 15) is 4.79 Å². The van der Waals surface area contributed by atoms with Gasteiger partial charge < -0.3 is 14.8 Å². The third kappa shape index (κ3) is 4.51. The van der Waals surface area contributed by atoms with E-state index in [-0.39, 0.29) is 11.3 Å². The van der Waals surface area contributed by atoms with Gasteiger partial charge >= 0.3 is 0 Å². The maximum Gasteiger partial charge on any atom is 0.225 e. The van der Waals surface area contributed by atoms with Crippen molar-refractivity contribution in [2.45, 2.75) is 33.7 Å². The molecular formula is C20H25NO3. The van der Waals surface area contributed by atoms with Crippen LogP contribution in [-0.2, 0) is 11.3 Å². The van der Waals surface area contributed by atoms with Gasteiger partial charge in [-0.1, -0.05) is 45.0 Å². The van der Waals surface area contributed by atoms with Crippen LogP contribution in [0.3, 0.4) is 0 Å². The van der Waals surface area contributed by atoms with Gasteiger partial charge in [-0.05, 0) is 36.2 Å². The molecule has 0 unspecified atom stereocenters. The van der Waals surface area contributed by atoms with Crippen LogP contribution in [0.2, 0.25) is 0 Å². The molecule has 0 saturated heterocycles. The maximum absolute atomic E-state index is 12.1. The number of methoxy groups -OCH3 is 1. The summed E-state index contributed by atoms with van der Waals surface area (Å²) in [6.45, 7) is 6.43. The number of benzene rings is 2. The van der Waals surface area contributed by atoms with Gasteiger partial charge in [-0.15, -0.1) is 0 Å². The fourth-order valence-corrected chi connectivity index (χ4v) is 2.09. The van der Waals surface area contributed by atoms with Gasteiger partial charge in [0.2, 0.25) is 5.91 Å². The summed E-state index contributed by atoms with van der Waals surface area (Å²) in [7, 11) is 1.62. The highest BCUT2D eigenvalue weighted by atomic mass is 16.5. The molecule has 0 radical (unpaired) electrons. The molecule has 0 fully saturated rings. The molecule has 2 aromatic carbocycles. The fraction of sp³-hybridized carbons (Fsp3) is 0.350. The molecule has 0 aliphatic rings. The molecular weight excluding hydrogens is 302 g/mol. The second-order valence-electron chi connectivity index (χ2n) is 6.32. The van der Waals surface area contributed by atoms with Gasteiger partial charge in [-0.3, -0.25) is 4.79 Å². The van der Waals surface area contributed by atoms with Crippen molar-refractivity contribution in [3.05, 3.63) is 54.1 Å². The number of rotatable bonds is 7. The van der Waals surface area contributed by atoms with E-state index in [1.165, 1.54) is 0 Å². The summed E-state index contributed by atoms with van der Waals surface area (Å²) in [6.07, 6.45) is 0.810. The topological polar surface area (TPSA) is 47.6 Å². The van der Waals surface area contributed by atoms with Crippen molar-refractivity contribution in [2.24, 2.45) is 5.41 Å². The summed E-state index contributed by atoms with van der Waals surface area (Å²) in [6, 6.07) is 15.2. The number of amides is 1. The predicted molar refractivity (Wildman–Crippen MR) is 95.4 cm³/mol. The average Bonchev–Trinajstić information content (AvgIpc) is 2.61. The van der Waals surface area contributed by atoms with E-state index < -0.39 is 0 Å². The Labute approximate surface area is 143 Å². The molecule has 2 rings (SSSR count). The fourth-order valence-electron chi connectivity index (χ4n) is 2.09. The predicted octanol–water partition coefficient (Wildman–Crippen LogP) is 4.54. The summed E-state index contributed by atoms with van der Waals surface area (Å²) in [5, 5.41) is 2.98. The Balaban J connectivity index is 1.97. The SMILES string of the molecule is CCC(C)(C)C(=O)NCc1ccc(Oc2ccccc2OC)cc1. The highest BCUT2D eigenvalue weighted by Crippen LogP contribution is 2.30. The van der Waals surface area contributed by atoms with Crippen LogP contribution in [-0.4, -0.2) is 13.0 Å². The van der Waals surface area contributed by atoms with Crippen LogP contribution in [0.15, 0.2) is 48.5 Å². The van der Waals surface area contributed by atoms with E-state index in [1.807, 2.05) is 69.3 Å². The number of nitrogens with one attached hydrogen (secondary N) is 1. The third-order valence-electron chi connectivity index (χ3n) is 4.17. The first-order valence-corrected chi connectivity index (χ1v) is 8.14. The van der Waals surface area contributed by atoms with Crippen LogP contribution in [0, 0.1) is 5.41 Å². The standard InChI is InChI=1S/C20H25NO3/c1-5-20(2,3)19(22)21-14-15-10-12-16(13-11-15)24-18-9-7-6-8-17(18)23-4/h6-13H,5,14H2,1-4H3,(H,21,22). The second-order valence-corrected chi connectivity index (χ2v) is 6.32. The number of hydrogen-bond acceptors (Lipinski definition) is 3. The lowest BCUT2D eigenvalue weighted by atomic mass is 9.89. The molecule has 0 aliphatic carbocycles. The molecule has 0 aliphatic heterocycles. The van der Waals surface area contributed by atoms with E-state index in [0.717, 1.165) is 17.7 Å². The van der Waals surface area contributed by atoms with Gasteiger partial charge in [-0.25, -0.2) is 0 Å². The van der Waals surface area contributed by atoms with Crippen LogP contribution >= 0.6 is 0 Å². The molecule has 4 heteroatoms. The Hall–Kier alpha value is -2.49. The van der Waals surface area contributed by atoms with Crippen LogP contribution < -0.4 is 14.8 Å². The second kappa shape index (κ2) is 7.86. The molecule has 1 amide bonds. The smallest absolute Gasteiger partial charge is 0.225 e. The highest BCUT2D eigenvalue weighted by molar-refractivity contribution is 5.81. The van der Waals surface area contributed by atoms with Gasteiger partial charge in [0.1, 0.15) is 5.75 Å². The largest absolute Gasteiger partial charge is 0.493 e. The minimum Gasteiger partial charge on any atom is -0.493 e. The number of carbonyl (C=O) groups excluding carboxylic acids is 1. The van der Waals surface area contributed by atoms with Crippen molar-refractivity contribution in [2.75, 3.05) is 7.11 Å². The zero-order chi connectivity index (χ0) is 17.6. The van der Waals surface area contributed by atoms with Crippen molar-refractivity contribution >= 4 is 5.91 Å². The zero-order valence-electron chi connectivity index (χ0n) is 14.8. The Bertz CT molecular complexity index is 678. The third-order valence-corrected chi connectivity index (χ3v) is 4.17. The Morgan fingerprint density at radius 1 is 1.04 bits per heavy atom. The number of para-hydroxylation sites is 2. The van der Waals surface area contributed by atoms with Gasteiger partial charge in [-0.2, -0.15) is 0 Å². The molecule has 24 heavy (non-hydrogen) atoms. The molecule has 0 atom stereocenters. The summed E-state index contributed by atoms with van der Waals surface area (Å²) >= 11 is 0. The first-order chi connectivity index (χ1) is 11.5. The molecule has 0 bridgehead atoms. The van der Waals surface area contributed by atoms with Crippen molar-refractivity contribution in [1.82, 2.24) is 5.32 Å². The van der Waals surface area contributed by atoms with E-state index >= 15 is 0 Å². The molecule has 2 aromatic rings. The summed E-state index contributed by atoms with van der Waals surface area (Å²) in [4.78, 5) is 12.1. The van der Waals surface area contributed by atoms with Crippen molar-refractivity contribution in [1.29, 1.82) is 0 Å². The average molecular weight is 327 g/mol. The minimum atomic E-state index is -0.340. The van der Waals surface area contributed by atoms with Crippen LogP contribution in [0.5, 0.6) is 17.2 Å². The van der Waals surface area contributed by atoms with Gasteiger partial charge in [0.05, 0.1) is 7.11 Å². The molecule has 4 nitrogen and oxygen atoms in total. The van der Waals surface area contributed by atoms with Crippen molar-refractivity contribution in [3.8, 4) is 17.2 Å². The van der Waals surface area contributed by atoms with Crippen LogP contribution in [0.1, 0.15) is 32.8 Å². The Morgan fingerprint density at radius 3 is 2.25 bits per heavy atom. The molecule has 0 aromatic heterocycles. The molecule has 0 spiro atoms. The molecule has 0 saturated carbocycles. The van der Waals surface area contributed by atoms with E-state index in [1.54, 1.807) is 7.11 Å². The first kappa shape index (κ1) is 17.9. The lowest BCUT2D eigenvalue weighted by Gasteiger charge is -2.21. The lowest BCUT2D eigenvalue weighted by Crippen LogP contribution is -2.35. The first-order valence-electron chi connectivity index (χ1n) is 8.14. The van der Waals surface area contributed by atoms with Gasteiger partial charge in [0, 0.05) is 12.0 Å². The lowest BCUT2D eigenvalue weighted by molar-refractivity contribution is -0.129. The summed E-state index contributed by atoms with van der Waals surface area (Å²) < 4.78 is 11.1. The molecule has 128 valence electrons. The molecule has 0 heterocycles. The zero-order valence-corrected chi connectivity index (χ0v) is 14.8. The van der Waals surface area contributed by atoms with Crippen molar-refractivity contribution < 1.29 is 14.3 Å². The van der Waals surface area contributed by atoms with E-state index in [2.05, 4.69) is 5.32 Å². The van der Waals surface area contributed by atoms with Crippen molar-refractivity contribution in [3.63, 3.8) is 0 Å². The maximum atomic E-state index is 12.1. The Morgan fingerprint density at radius 2 is 1.67 bits per heavy atom. The van der Waals surface area contributed by atoms with Crippen LogP contribution in [0.25, 0.3) is 0 Å². The Kier molecular flexibility index (Phi) is 5.85. The van der Waals surface area contributed by atoms with E-state index in [0.29, 0.717) is 18.0 Å².